The summed E-state index contributed by atoms with van der Waals surface area (Å²) in [7, 11) is 3.71. The Labute approximate surface area is 167 Å². The molecule has 27 heavy (non-hydrogen) atoms. The van der Waals surface area contributed by atoms with Crippen molar-refractivity contribution in [2.24, 2.45) is 0 Å². The number of carbonyl (C=O) groups excluding carboxylic acids is 2. The number of aliphatic carboxylic acids is 1. The van der Waals surface area contributed by atoms with Crippen molar-refractivity contribution in [3.05, 3.63) is 0 Å². The Kier molecular flexibility index (Phi) is 12.6. The molecule has 160 valence electrons. The topological polar surface area (TPSA) is 69.2 Å². The summed E-state index contributed by atoms with van der Waals surface area (Å²) >= 11 is 0. The first-order chi connectivity index (χ1) is 12.6. The van der Waals surface area contributed by atoms with E-state index in [0.29, 0.717) is 6.42 Å². The van der Waals surface area contributed by atoms with Crippen LogP contribution in [0, 0.1) is 0 Å². The lowest BCUT2D eigenvalue weighted by Crippen LogP contribution is -2.71. The molecule has 0 fully saturated rings. The molecule has 1 atom stereocenters. The Balaban J connectivity index is 4.32. The van der Waals surface area contributed by atoms with Crippen molar-refractivity contribution < 1.29 is 19.2 Å². The van der Waals surface area contributed by atoms with Gasteiger partial charge in [0, 0.05) is 12.8 Å². The second-order valence-corrected chi connectivity index (χ2v) is 8.84. The zero-order chi connectivity index (χ0) is 20.9. The largest absolute Gasteiger partial charge is 0.544 e. The Morgan fingerprint density at radius 2 is 1.37 bits per heavy atom. The molecule has 1 unspecified atom stereocenters. The van der Waals surface area contributed by atoms with Crippen LogP contribution < -0.4 is 10.4 Å². The van der Waals surface area contributed by atoms with Gasteiger partial charge in [-0.15, -0.1) is 0 Å². The Bertz CT molecular complexity index is 433. The van der Waals surface area contributed by atoms with Gasteiger partial charge in [0.25, 0.3) is 0 Å². The molecule has 0 rings (SSSR count). The van der Waals surface area contributed by atoms with Crippen molar-refractivity contribution in [3.8, 4) is 0 Å². The van der Waals surface area contributed by atoms with E-state index in [1.807, 2.05) is 21.0 Å². The van der Waals surface area contributed by atoms with Crippen LogP contribution in [-0.2, 0) is 9.59 Å². The molecule has 0 saturated heterocycles. The quantitative estimate of drug-likeness (QED) is 0.250. The van der Waals surface area contributed by atoms with Crippen LogP contribution in [-0.4, -0.2) is 42.2 Å². The van der Waals surface area contributed by atoms with Crippen LogP contribution in [0.15, 0.2) is 0 Å². The van der Waals surface area contributed by atoms with E-state index in [-0.39, 0.29) is 16.6 Å². The zero-order valence-corrected chi connectivity index (χ0v) is 18.7. The highest BCUT2D eigenvalue weighted by atomic mass is 16.4. The molecule has 0 aromatic rings. The average Bonchev–Trinajstić information content (AvgIpc) is 2.59. The number of hydrogen-bond donors (Lipinski definition) is 1. The molecule has 0 saturated carbocycles. The maximum Gasteiger partial charge on any atom is 0.224 e. The first kappa shape index (κ1) is 25.9. The summed E-state index contributed by atoms with van der Waals surface area (Å²) in [5.41, 5.74) is -1.08. The third-order valence-corrected chi connectivity index (χ3v) is 6.12. The van der Waals surface area contributed by atoms with Gasteiger partial charge in [0.1, 0.15) is 11.5 Å². The molecule has 0 aliphatic heterocycles. The van der Waals surface area contributed by atoms with Gasteiger partial charge in [-0.3, -0.25) is 9.28 Å². The van der Waals surface area contributed by atoms with Crippen molar-refractivity contribution in [1.82, 2.24) is 5.32 Å². The Morgan fingerprint density at radius 1 is 0.889 bits per heavy atom. The number of carboxylic acid groups (broad SMARTS) is 1. The fraction of sp³-hybridized carbons (Fsp3) is 0.909. The van der Waals surface area contributed by atoms with Crippen LogP contribution in [0.4, 0.5) is 0 Å². The number of rotatable bonds is 16. The van der Waals surface area contributed by atoms with Gasteiger partial charge in [-0.1, -0.05) is 65.2 Å². The van der Waals surface area contributed by atoms with E-state index >= 15 is 0 Å². The van der Waals surface area contributed by atoms with Gasteiger partial charge >= 0.3 is 0 Å². The maximum atomic E-state index is 12.4. The van der Waals surface area contributed by atoms with Crippen molar-refractivity contribution in [2.45, 2.75) is 116 Å². The standard InChI is InChI=1S/C22H44N2O3/c1-7-9-10-11-12-13-14-15-16-18-20(25)23-19(17-8-2)24(5,6)22(3,4)21(26)27/h19H,7-18H2,1-6H3,(H-,23,25,26,27). The van der Waals surface area contributed by atoms with E-state index in [4.69, 9.17) is 0 Å². The van der Waals surface area contributed by atoms with Crippen LogP contribution in [0.1, 0.15) is 105 Å². The van der Waals surface area contributed by atoms with Gasteiger partial charge in [-0.05, 0) is 26.7 Å². The number of nitrogens with zero attached hydrogens (tertiary/aromatic N) is 1. The number of quaternary nitrogens is 1. The van der Waals surface area contributed by atoms with Crippen LogP contribution in [0.5, 0.6) is 0 Å². The molecule has 0 aliphatic rings. The first-order valence-electron chi connectivity index (χ1n) is 11.0. The molecule has 0 spiro atoms. The molecular formula is C22H44N2O3. The molecule has 0 aliphatic carbocycles. The number of unbranched alkanes of at least 4 members (excludes halogenated alkanes) is 8. The second-order valence-electron chi connectivity index (χ2n) is 8.84. The summed E-state index contributed by atoms with van der Waals surface area (Å²) in [5, 5.41) is 14.7. The summed E-state index contributed by atoms with van der Waals surface area (Å²) in [4.78, 5) is 24.0. The SMILES string of the molecule is CCCCCCCCCCCC(=O)NC(CCC)[N+](C)(C)C(C)(C)C(=O)[O-]. The summed E-state index contributed by atoms with van der Waals surface area (Å²) in [6.07, 6.45) is 12.9. The number of likely N-dealkylation sites (N-methyl/N-ethyl adjacent to an activating group) is 1. The van der Waals surface area contributed by atoms with Gasteiger partial charge < -0.3 is 15.2 Å². The highest BCUT2D eigenvalue weighted by Crippen LogP contribution is 2.25. The van der Waals surface area contributed by atoms with Crippen molar-refractivity contribution in [2.75, 3.05) is 14.1 Å². The predicted molar refractivity (Wildman–Crippen MR) is 110 cm³/mol. The fourth-order valence-corrected chi connectivity index (χ4v) is 3.31. The summed E-state index contributed by atoms with van der Waals surface area (Å²) in [6, 6.07) is 0. The van der Waals surface area contributed by atoms with E-state index in [1.165, 1.54) is 44.9 Å². The Morgan fingerprint density at radius 3 is 1.81 bits per heavy atom. The minimum Gasteiger partial charge on any atom is -0.544 e. The summed E-state index contributed by atoms with van der Waals surface area (Å²) < 4.78 is 0.173. The van der Waals surface area contributed by atoms with Gasteiger partial charge in [0.2, 0.25) is 5.91 Å². The highest BCUT2D eigenvalue weighted by molar-refractivity contribution is 5.76. The fourth-order valence-electron chi connectivity index (χ4n) is 3.31. The van der Waals surface area contributed by atoms with Crippen LogP contribution in [0.2, 0.25) is 0 Å². The summed E-state index contributed by atoms with van der Waals surface area (Å²) in [6.45, 7) is 7.61. The third-order valence-electron chi connectivity index (χ3n) is 6.12. The average molecular weight is 385 g/mol. The molecule has 5 heteroatoms. The molecule has 1 amide bonds. The smallest absolute Gasteiger partial charge is 0.224 e. The van der Waals surface area contributed by atoms with Gasteiger partial charge in [0.15, 0.2) is 6.17 Å². The zero-order valence-electron chi connectivity index (χ0n) is 18.7. The number of carboxylic acids is 1. The first-order valence-corrected chi connectivity index (χ1v) is 11.0. The molecule has 0 aromatic heterocycles. The van der Waals surface area contributed by atoms with Crippen molar-refractivity contribution in [3.63, 3.8) is 0 Å². The van der Waals surface area contributed by atoms with E-state index in [2.05, 4.69) is 12.2 Å². The maximum absolute atomic E-state index is 12.4. The lowest BCUT2D eigenvalue weighted by Gasteiger charge is -2.49. The lowest BCUT2D eigenvalue weighted by molar-refractivity contribution is -0.955. The van der Waals surface area contributed by atoms with Crippen LogP contribution in [0.3, 0.4) is 0 Å². The number of carbonyl (C=O) groups is 2. The summed E-state index contributed by atoms with van der Waals surface area (Å²) in [5.74, 6) is -1.07. The normalized spacial score (nSPS) is 13.4. The van der Waals surface area contributed by atoms with Gasteiger partial charge in [-0.2, -0.15) is 0 Å². The lowest BCUT2D eigenvalue weighted by atomic mass is 9.98. The van der Waals surface area contributed by atoms with Crippen LogP contribution in [0.25, 0.3) is 0 Å². The second kappa shape index (κ2) is 13.1. The Hall–Kier alpha value is -1.10. The monoisotopic (exact) mass is 384 g/mol. The van der Waals surface area contributed by atoms with Crippen molar-refractivity contribution >= 4 is 11.9 Å². The number of amides is 1. The molecule has 5 nitrogen and oxygen atoms in total. The third kappa shape index (κ3) is 9.09. The van der Waals surface area contributed by atoms with E-state index in [9.17, 15) is 14.7 Å². The predicted octanol–water partition coefficient (Wildman–Crippen LogP) is 3.75. The molecule has 0 bridgehead atoms. The molecule has 0 radical (unpaired) electrons. The van der Waals surface area contributed by atoms with E-state index in [1.54, 1.807) is 13.8 Å². The van der Waals surface area contributed by atoms with Crippen molar-refractivity contribution in [1.29, 1.82) is 0 Å². The van der Waals surface area contributed by atoms with E-state index < -0.39 is 11.5 Å². The number of hydrogen-bond acceptors (Lipinski definition) is 3. The minimum atomic E-state index is -1.10. The molecule has 0 aromatic carbocycles. The van der Waals surface area contributed by atoms with Crippen LogP contribution >= 0.6 is 0 Å². The molecular weight excluding hydrogens is 340 g/mol. The van der Waals surface area contributed by atoms with Gasteiger partial charge in [-0.25, -0.2) is 0 Å². The molecule has 0 heterocycles. The highest BCUT2D eigenvalue weighted by Gasteiger charge is 2.44. The number of nitrogens with one attached hydrogen (secondary N) is 1. The van der Waals surface area contributed by atoms with E-state index in [0.717, 1.165) is 25.7 Å². The van der Waals surface area contributed by atoms with Gasteiger partial charge in [0.05, 0.1) is 14.1 Å². The molecule has 1 N–H and O–H groups in total. The minimum absolute atomic E-state index is 0.0248.